The molecule has 1 aliphatic carbocycles. The standard InChI is InChI=1S/C14H12FN3O2/c15-10-6-16-13(17-7-10)9-3-1-8(2-4-9)11-5-12(11)14(19)18-20/h1-4,6-7,11-12,20H,5H2,(H,18,19)/t11?,12-/m1/s1. The molecule has 1 heterocycles. The van der Waals surface area contributed by atoms with E-state index in [1.165, 1.54) is 0 Å². The van der Waals surface area contributed by atoms with E-state index in [1.807, 2.05) is 24.3 Å². The average molecular weight is 273 g/mol. The first-order valence-electron chi connectivity index (χ1n) is 6.21. The number of nitrogens with zero attached hydrogens (tertiary/aromatic N) is 2. The fraction of sp³-hybridized carbons (Fsp3) is 0.214. The normalized spacial score (nSPS) is 20.5. The van der Waals surface area contributed by atoms with Gasteiger partial charge in [0.15, 0.2) is 11.6 Å². The van der Waals surface area contributed by atoms with Crippen molar-refractivity contribution in [3.8, 4) is 11.4 Å². The van der Waals surface area contributed by atoms with Crippen molar-refractivity contribution in [3.63, 3.8) is 0 Å². The molecule has 1 unspecified atom stereocenters. The number of benzene rings is 1. The van der Waals surface area contributed by atoms with Gasteiger partial charge in [0, 0.05) is 11.5 Å². The molecule has 2 atom stereocenters. The minimum absolute atomic E-state index is 0.144. The molecule has 0 spiro atoms. The minimum atomic E-state index is -0.471. The van der Waals surface area contributed by atoms with Gasteiger partial charge in [-0.05, 0) is 17.9 Å². The van der Waals surface area contributed by atoms with Crippen LogP contribution in [-0.2, 0) is 4.79 Å². The zero-order chi connectivity index (χ0) is 14.1. The quantitative estimate of drug-likeness (QED) is 0.661. The summed E-state index contributed by atoms with van der Waals surface area (Å²) in [7, 11) is 0. The highest BCUT2D eigenvalue weighted by molar-refractivity contribution is 5.81. The SMILES string of the molecule is O=C(NO)[C@@H]1CC1c1ccc(-c2ncc(F)cn2)cc1. The van der Waals surface area contributed by atoms with Gasteiger partial charge >= 0.3 is 0 Å². The number of nitrogens with one attached hydrogen (secondary N) is 1. The van der Waals surface area contributed by atoms with Crippen molar-refractivity contribution in [2.24, 2.45) is 5.92 Å². The third kappa shape index (κ3) is 2.37. The summed E-state index contributed by atoms with van der Waals surface area (Å²) in [5.74, 6) is -0.376. The molecule has 20 heavy (non-hydrogen) atoms. The number of amides is 1. The Balaban J connectivity index is 1.76. The second-order valence-electron chi connectivity index (χ2n) is 4.77. The van der Waals surface area contributed by atoms with Gasteiger partial charge in [0.25, 0.3) is 0 Å². The summed E-state index contributed by atoms with van der Waals surface area (Å²) in [5.41, 5.74) is 3.50. The van der Waals surface area contributed by atoms with Crippen LogP contribution < -0.4 is 5.48 Å². The smallest absolute Gasteiger partial charge is 0.247 e. The van der Waals surface area contributed by atoms with Crippen molar-refractivity contribution < 1.29 is 14.4 Å². The van der Waals surface area contributed by atoms with Gasteiger partial charge in [-0.2, -0.15) is 0 Å². The van der Waals surface area contributed by atoms with Gasteiger partial charge in [0.2, 0.25) is 5.91 Å². The lowest BCUT2D eigenvalue weighted by atomic mass is 10.1. The number of carbonyl (C=O) groups excluding carboxylic acids is 1. The summed E-state index contributed by atoms with van der Waals surface area (Å²) >= 11 is 0. The predicted molar refractivity (Wildman–Crippen MR) is 68.2 cm³/mol. The Morgan fingerprint density at radius 3 is 2.50 bits per heavy atom. The van der Waals surface area contributed by atoms with Gasteiger partial charge in [-0.25, -0.2) is 19.8 Å². The molecule has 1 saturated carbocycles. The lowest BCUT2D eigenvalue weighted by molar-refractivity contribution is -0.130. The zero-order valence-electron chi connectivity index (χ0n) is 10.5. The lowest BCUT2D eigenvalue weighted by Crippen LogP contribution is -2.20. The van der Waals surface area contributed by atoms with Gasteiger partial charge in [-0.1, -0.05) is 24.3 Å². The number of halogens is 1. The van der Waals surface area contributed by atoms with Crippen molar-refractivity contribution in [2.45, 2.75) is 12.3 Å². The van der Waals surface area contributed by atoms with Crippen LogP contribution in [0.15, 0.2) is 36.7 Å². The van der Waals surface area contributed by atoms with E-state index in [2.05, 4.69) is 9.97 Å². The van der Waals surface area contributed by atoms with E-state index in [0.29, 0.717) is 5.82 Å². The lowest BCUT2D eigenvalue weighted by Gasteiger charge is -2.03. The molecule has 2 aromatic rings. The summed E-state index contributed by atoms with van der Waals surface area (Å²) in [5, 5.41) is 8.58. The summed E-state index contributed by atoms with van der Waals surface area (Å²) < 4.78 is 12.7. The molecule has 0 bridgehead atoms. The molecular weight excluding hydrogens is 261 g/mol. The Morgan fingerprint density at radius 2 is 1.90 bits per heavy atom. The van der Waals surface area contributed by atoms with Crippen molar-refractivity contribution in [3.05, 3.63) is 48.0 Å². The summed E-state index contributed by atoms with van der Waals surface area (Å²) in [4.78, 5) is 19.1. The zero-order valence-corrected chi connectivity index (χ0v) is 10.5. The van der Waals surface area contributed by atoms with Crippen molar-refractivity contribution in [1.82, 2.24) is 15.4 Å². The molecule has 1 aromatic heterocycles. The van der Waals surface area contributed by atoms with Gasteiger partial charge in [-0.3, -0.25) is 10.0 Å². The Bertz CT molecular complexity index is 628. The maximum absolute atomic E-state index is 12.7. The van der Waals surface area contributed by atoms with E-state index in [0.717, 1.165) is 29.9 Å². The summed E-state index contributed by atoms with van der Waals surface area (Å²) in [6, 6.07) is 7.48. The Labute approximate surface area is 114 Å². The molecule has 102 valence electrons. The molecule has 3 rings (SSSR count). The van der Waals surface area contributed by atoms with Crippen LogP contribution >= 0.6 is 0 Å². The van der Waals surface area contributed by atoms with E-state index >= 15 is 0 Å². The Kier molecular flexibility index (Phi) is 3.15. The fourth-order valence-corrected chi connectivity index (χ4v) is 2.28. The van der Waals surface area contributed by atoms with E-state index < -0.39 is 5.82 Å². The highest BCUT2D eigenvalue weighted by Gasteiger charge is 2.43. The van der Waals surface area contributed by atoms with Crippen LogP contribution in [0.2, 0.25) is 0 Å². The van der Waals surface area contributed by atoms with E-state index in [4.69, 9.17) is 5.21 Å². The van der Waals surface area contributed by atoms with Crippen LogP contribution in [-0.4, -0.2) is 21.1 Å². The number of carbonyl (C=O) groups is 1. The monoisotopic (exact) mass is 273 g/mol. The first-order chi connectivity index (χ1) is 9.69. The number of hydrogen-bond donors (Lipinski definition) is 2. The molecule has 6 heteroatoms. The fourth-order valence-electron chi connectivity index (χ4n) is 2.28. The van der Waals surface area contributed by atoms with E-state index in [9.17, 15) is 9.18 Å². The maximum atomic E-state index is 12.7. The minimum Gasteiger partial charge on any atom is -0.289 e. The molecule has 1 fully saturated rings. The summed E-state index contributed by atoms with van der Waals surface area (Å²) in [6.45, 7) is 0. The van der Waals surface area contributed by atoms with Crippen LogP contribution in [0.25, 0.3) is 11.4 Å². The number of rotatable bonds is 3. The second-order valence-corrected chi connectivity index (χ2v) is 4.77. The molecule has 2 N–H and O–H groups in total. The Morgan fingerprint density at radius 1 is 1.25 bits per heavy atom. The Hall–Kier alpha value is -2.34. The van der Waals surface area contributed by atoms with Crippen LogP contribution in [0, 0.1) is 11.7 Å². The highest BCUT2D eigenvalue weighted by atomic mass is 19.1. The molecule has 1 aliphatic rings. The summed E-state index contributed by atoms with van der Waals surface area (Å²) in [6.07, 6.45) is 2.98. The van der Waals surface area contributed by atoms with E-state index in [-0.39, 0.29) is 17.7 Å². The third-order valence-corrected chi connectivity index (χ3v) is 3.45. The number of aromatic nitrogens is 2. The molecule has 1 aromatic carbocycles. The molecule has 0 aliphatic heterocycles. The first-order valence-corrected chi connectivity index (χ1v) is 6.21. The van der Waals surface area contributed by atoms with Crippen molar-refractivity contribution in [1.29, 1.82) is 0 Å². The predicted octanol–water partition coefficient (Wildman–Crippen LogP) is 1.89. The third-order valence-electron chi connectivity index (χ3n) is 3.45. The molecule has 0 radical (unpaired) electrons. The van der Waals surface area contributed by atoms with Gasteiger partial charge in [-0.15, -0.1) is 0 Å². The van der Waals surface area contributed by atoms with Crippen molar-refractivity contribution >= 4 is 5.91 Å². The molecular formula is C14H12FN3O2. The highest BCUT2D eigenvalue weighted by Crippen LogP contribution is 2.47. The average Bonchev–Trinajstić information content (AvgIpc) is 3.28. The topological polar surface area (TPSA) is 75.1 Å². The number of hydroxylamine groups is 1. The van der Waals surface area contributed by atoms with Crippen LogP contribution in [0.3, 0.4) is 0 Å². The largest absolute Gasteiger partial charge is 0.289 e. The van der Waals surface area contributed by atoms with E-state index in [1.54, 1.807) is 5.48 Å². The second kappa shape index (κ2) is 4.97. The molecule has 5 nitrogen and oxygen atoms in total. The van der Waals surface area contributed by atoms with Crippen molar-refractivity contribution in [2.75, 3.05) is 0 Å². The first kappa shape index (κ1) is 12.7. The number of hydrogen-bond acceptors (Lipinski definition) is 4. The van der Waals surface area contributed by atoms with Gasteiger partial charge in [0.1, 0.15) is 0 Å². The van der Waals surface area contributed by atoms with Gasteiger partial charge < -0.3 is 0 Å². The van der Waals surface area contributed by atoms with Crippen LogP contribution in [0.5, 0.6) is 0 Å². The molecule has 0 saturated heterocycles. The molecule has 1 amide bonds. The van der Waals surface area contributed by atoms with Gasteiger partial charge in [0.05, 0.1) is 12.4 Å². The maximum Gasteiger partial charge on any atom is 0.247 e. The van der Waals surface area contributed by atoms with Crippen LogP contribution in [0.1, 0.15) is 17.9 Å². The van der Waals surface area contributed by atoms with Crippen LogP contribution in [0.4, 0.5) is 4.39 Å².